The van der Waals surface area contributed by atoms with Crippen molar-refractivity contribution in [2.45, 2.75) is 24.7 Å². The molecule has 0 atom stereocenters. The maximum absolute atomic E-state index is 13.1. The number of hydrogen-bond acceptors (Lipinski definition) is 7. The van der Waals surface area contributed by atoms with Crippen LogP contribution in [0.1, 0.15) is 28.1 Å². The fourth-order valence-corrected chi connectivity index (χ4v) is 5.70. The van der Waals surface area contributed by atoms with Crippen molar-refractivity contribution in [2.75, 3.05) is 49.6 Å². The van der Waals surface area contributed by atoms with Crippen molar-refractivity contribution in [3.63, 3.8) is 0 Å². The molecule has 0 aliphatic carbocycles. The zero-order valence-corrected chi connectivity index (χ0v) is 17.9. The molecule has 8 nitrogen and oxygen atoms in total. The minimum Gasteiger partial charge on any atom is -0.379 e. The molecule has 1 amide bonds. The molecule has 1 N–H and O–H groups in total. The third-order valence-electron chi connectivity index (χ3n) is 5.11. The first-order valence-corrected chi connectivity index (χ1v) is 11.9. The van der Waals surface area contributed by atoms with Crippen LogP contribution >= 0.6 is 11.3 Å². The molecule has 0 bridgehead atoms. The van der Waals surface area contributed by atoms with Gasteiger partial charge >= 0.3 is 0 Å². The van der Waals surface area contributed by atoms with E-state index in [0.29, 0.717) is 37.0 Å². The number of ether oxygens (including phenoxy) is 1. The van der Waals surface area contributed by atoms with Crippen LogP contribution in [-0.4, -0.2) is 63.0 Å². The van der Waals surface area contributed by atoms with Gasteiger partial charge in [0.2, 0.25) is 10.0 Å². The zero-order chi connectivity index (χ0) is 20.4. The summed E-state index contributed by atoms with van der Waals surface area (Å²) in [6.07, 6.45) is 3.81. The standard InChI is InChI=1S/C19H24N4O4S2/c1-14-13-20-19(28-14)21-18(24)16-12-15(4-5-17(16)22-6-2-3-7-22)29(25,26)23-8-10-27-11-9-23/h4-5,12-13H,2-3,6-11H2,1H3,(H,20,21,24). The van der Waals surface area contributed by atoms with E-state index in [2.05, 4.69) is 15.2 Å². The second-order valence-electron chi connectivity index (χ2n) is 7.12. The molecule has 1 aromatic heterocycles. The number of thiazole rings is 1. The summed E-state index contributed by atoms with van der Waals surface area (Å²) in [7, 11) is -3.69. The summed E-state index contributed by atoms with van der Waals surface area (Å²) in [6, 6.07) is 4.84. The Morgan fingerprint density at radius 2 is 1.90 bits per heavy atom. The molecular weight excluding hydrogens is 412 g/mol. The summed E-state index contributed by atoms with van der Waals surface area (Å²) < 4.78 is 32.8. The Kier molecular flexibility index (Phi) is 5.86. The van der Waals surface area contributed by atoms with Crippen LogP contribution in [0.15, 0.2) is 29.3 Å². The molecule has 2 saturated heterocycles. The van der Waals surface area contributed by atoms with E-state index in [1.807, 2.05) is 6.92 Å². The normalized spacial score (nSPS) is 18.2. The fraction of sp³-hybridized carbons (Fsp3) is 0.474. The first-order valence-electron chi connectivity index (χ1n) is 9.66. The summed E-state index contributed by atoms with van der Waals surface area (Å²) in [4.78, 5) is 20.5. The van der Waals surface area contributed by atoms with E-state index in [4.69, 9.17) is 4.74 Å². The Bertz CT molecular complexity index is 993. The number of nitrogens with one attached hydrogen (secondary N) is 1. The van der Waals surface area contributed by atoms with Crippen LogP contribution in [0.5, 0.6) is 0 Å². The van der Waals surface area contributed by atoms with E-state index >= 15 is 0 Å². The third-order valence-corrected chi connectivity index (χ3v) is 7.83. The molecule has 2 aliphatic rings. The van der Waals surface area contributed by atoms with Gasteiger partial charge < -0.3 is 9.64 Å². The molecule has 3 heterocycles. The Morgan fingerprint density at radius 1 is 1.17 bits per heavy atom. The van der Waals surface area contributed by atoms with Crippen molar-refractivity contribution < 1.29 is 17.9 Å². The summed E-state index contributed by atoms with van der Waals surface area (Å²) in [5.41, 5.74) is 1.11. The van der Waals surface area contributed by atoms with Crippen LogP contribution in [0.2, 0.25) is 0 Å². The number of aryl methyl sites for hydroxylation is 1. The first-order chi connectivity index (χ1) is 13.9. The highest BCUT2D eigenvalue weighted by molar-refractivity contribution is 7.89. The van der Waals surface area contributed by atoms with Gasteiger partial charge in [-0.15, -0.1) is 11.3 Å². The van der Waals surface area contributed by atoms with E-state index in [1.165, 1.54) is 21.7 Å². The van der Waals surface area contributed by atoms with Gasteiger partial charge in [-0.25, -0.2) is 13.4 Å². The van der Waals surface area contributed by atoms with Crippen LogP contribution in [0, 0.1) is 6.92 Å². The largest absolute Gasteiger partial charge is 0.379 e. The number of rotatable bonds is 5. The van der Waals surface area contributed by atoms with Gasteiger partial charge in [-0.05, 0) is 38.0 Å². The van der Waals surface area contributed by atoms with Crippen LogP contribution in [0.3, 0.4) is 0 Å². The number of sulfonamides is 1. The van der Waals surface area contributed by atoms with Gasteiger partial charge in [0.1, 0.15) is 0 Å². The molecular formula is C19H24N4O4S2. The van der Waals surface area contributed by atoms with Crippen LogP contribution in [-0.2, 0) is 14.8 Å². The molecule has 0 saturated carbocycles. The lowest BCUT2D eigenvalue weighted by molar-refractivity contribution is 0.0730. The maximum atomic E-state index is 13.1. The third kappa shape index (κ3) is 4.30. The lowest BCUT2D eigenvalue weighted by atomic mass is 10.1. The molecule has 1 aromatic carbocycles. The number of morpholine rings is 1. The van der Waals surface area contributed by atoms with E-state index in [-0.39, 0.29) is 10.8 Å². The molecule has 10 heteroatoms. The summed E-state index contributed by atoms with van der Waals surface area (Å²) in [5.74, 6) is -0.347. The number of amides is 1. The second kappa shape index (κ2) is 8.39. The van der Waals surface area contributed by atoms with Crippen molar-refractivity contribution in [3.05, 3.63) is 34.8 Å². The molecule has 0 unspecified atom stereocenters. The van der Waals surface area contributed by atoms with Crippen LogP contribution in [0.4, 0.5) is 10.8 Å². The van der Waals surface area contributed by atoms with Crippen LogP contribution in [0.25, 0.3) is 0 Å². The second-order valence-corrected chi connectivity index (χ2v) is 10.3. The fourth-order valence-electron chi connectivity index (χ4n) is 3.60. The Labute approximate surface area is 174 Å². The van der Waals surface area contributed by atoms with Gasteiger partial charge in [-0.3, -0.25) is 10.1 Å². The van der Waals surface area contributed by atoms with Crippen molar-refractivity contribution in [1.82, 2.24) is 9.29 Å². The average Bonchev–Trinajstić information content (AvgIpc) is 3.40. The SMILES string of the molecule is Cc1cnc(NC(=O)c2cc(S(=O)(=O)N3CCOCC3)ccc2N2CCCC2)s1. The number of carbonyl (C=O) groups is 1. The number of benzene rings is 1. The first kappa shape index (κ1) is 20.3. The average molecular weight is 437 g/mol. The van der Waals surface area contributed by atoms with Gasteiger partial charge in [-0.1, -0.05) is 0 Å². The quantitative estimate of drug-likeness (QED) is 0.773. The maximum Gasteiger partial charge on any atom is 0.259 e. The molecule has 0 radical (unpaired) electrons. The predicted molar refractivity (Wildman–Crippen MR) is 112 cm³/mol. The Morgan fingerprint density at radius 3 is 2.55 bits per heavy atom. The number of hydrogen-bond donors (Lipinski definition) is 1. The smallest absolute Gasteiger partial charge is 0.259 e. The highest BCUT2D eigenvalue weighted by Gasteiger charge is 2.29. The van der Waals surface area contributed by atoms with Crippen molar-refractivity contribution >= 4 is 38.1 Å². The van der Waals surface area contributed by atoms with E-state index in [9.17, 15) is 13.2 Å². The molecule has 4 rings (SSSR count). The summed E-state index contributed by atoms with van der Waals surface area (Å²) in [6.45, 7) is 5.01. The van der Waals surface area contributed by atoms with Crippen molar-refractivity contribution in [2.24, 2.45) is 0 Å². The van der Waals surface area contributed by atoms with Gasteiger partial charge in [-0.2, -0.15) is 4.31 Å². The lowest BCUT2D eigenvalue weighted by Gasteiger charge is -2.27. The van der Waals surface area contributed by atoms with Crippen LogP contribution < -0.4 is 10.2 Å². The molecule has 2 aromatic rings. The van der Waals surface area contributed by atoms with E-state index in [0.717, 1.165) is 36.5 Å². The lowest BCUT2D eigenvalue weighted by Crippen LogP contribution is -2.40. The van der Waals surface area contributed by atoms with E-state index in [1.54, 1.807) is 18.3 Å². The minimum atomic E-state index is -3.69. The van der Waals surface area contributed by atoms with Crippen molar-refractivity contribution in [3.8, 4) is 0 Å². The van der Waals surface area contributed by atoms with Gasteiger partial charge in [0.15, 0.2) is 5.13 Å². The predicted octanol–water partition coefficient (Wildman–Crippen LogP) is 2.32. The monoisotopic (exact) mass is 436 g/mol. The number of anilines is 2. The molecule has 0 spiro atoms. The zero-order valence-electron chi connectivity index (χ0n) is 16.3. The summed E-state index contributed by atoms with van der Waals surface area (Å²) >= 11 is 1.38. The van der Waals surface area contributed by atoms with E-state index < -0.39 is 10.0 Å². The number of nitrogens with zero attached hydrogens (tertiary/aromatic N) is 3. The minimum absolute atomic E-state index is 0.128. The molecule has 156 valence electrons. The van der Waals surface area contributed by atoms with Gasteiger partial charge in [0.05, 0.1) is 23.7 Å². The van der Waals surface area contributed by atoms with Gasteiger partial charge in [0, 0.05) is 42.9 Å². The highest BCUT2D eigenvalue weighted by Crippen LogP contribution is 2.30. The van der Waals surface area contributed by atoms with Gasteiger partial charge in [0.25, 0.3) is 5.91 Å². The Balaban J connectivity index is 1.69. The highest BCUT2D eigenvalue weighted by atomic mass is 32.2. The Hall–Kier alpha value is -2.01. The molecule has 2 aliphatic heterocycles. The topological polar surface area (TPSA) is 91.8 Å². The summed E-state index contributed by atoms with van der Waals surface area (Å²) in [5, 5.41) is 3.32. The number of carbonyl (C=O) groups excluding carboxylic acids is 1. The molecule has 29 heavy (non-hydrogen) atoms. The molecule has 2 fully saturated rings. The van der Waals surface area contributed by atoms with Crippen molar-refractivity contribution in [1.29, 1.82) is 0 Å². The number of aromatic nitrogens is 1.